The summed E-state index contributed by atoms with van der Waals surface area (Å²) in [4.78, 5) is 19.1. The van der Waals surface area contributed by atoms with Crippen LogP contribution in [0, 0.1) is 0 Å². The summed E-state index contributed by atoms with van der Waals surface area (Å²) in [5, 5.41) is 3.40. The Bertz CT molecular complexity index is 1560. The van der Waals surface area contributed by atoms with E-state index in [9.17, 15) is 4.21 Å². The molecular weight excluding hydrogens is 538 g/mol. The van der Waals surface area contributed by atoms with Crippen LogP contribution in [0.5, 0.6) is 0 Å². The summed E-state index contributed by atoms with van der Waals surface area (Å²) in [6.07, 6.45) is 6.16. The zero-order valence-electron chi connectivity index (χ0n) is 24.6. The maximum Gasteiger partial charge on any atom is 0.229 e. The molecule has 0 bridgehead atoms. The molecule has 6 rings (SSSR count). The fraction of sp³-hybridized carbons (Fsp3) is 0.500. The lowest BCUT2D eigenvalue weighted by Gasteiger charge is -2.46. The van der Waals surface area contributed by atoms with E-state index in [1.54, 1.807) is 18.6 Å². The first-order chi connectivity index (χ1) is 19.4. The highest BCUT2D eigenvalue weighted by Crippen LogP contribution is 2.53. The van der Waals surface area contributed by atoms with Crippen molar-refractivity contribution in [3.63, 3.8) is 0 Å². The normalized spacial score (nSPS) is 25.4. The number of aromatic nitrogens is 3. The number of ether oxygens (including phenoxy) is 2. The average Bonchev–Trinajstić information content (AvgIpc) is 3.15. The first-order valence-corrected chi connectivity index (χ1v) is 16.4. The van der Waals surface area contributed by atoms with Gasteiger partial charge in [0.1, 0.15) is 11.6 Å². The molecule has 11 heteroatoms. The van der Waals surface area contributed by atoms with Crippen LogP contribution < -0.4 is 15.1 Å². The number of nitrogens with zero attached hydrogens (tertiary/aromatic N) is 6. The Morgan fingerprint density at radius 3 is 2.61 bits per heavy atom. The van der Waals surface area contributed by atoms with Crippen LogP contribution >= 0.6 is 0 Å². The van der Waals surface area contributed by atoms with Crippen molar-refractivity contribution in [1.82, 2.24) is 15.0 Å². The van der Waals surface area contributed by atoms with Crippen molar-refractivity contribution < 1.29 is 13.7 Å². The Morgan fingerprint density at radius 2 is 1.88 bits per heavy atom. The summed E-state index contributed by atoms with van der Waals surface area (Å²) < 4.78 is 28.8. The van der Waals surface area contributed by atoms with Crippen molar-refractivity contribution in [3.05, 3.63) is 54.2 Å². The molecule has 3 aliphatic rings. The zero-order chi connectivity index (χ0) is 29.0. The molecule has 0 radical (unpaired) electrons. The van der Waals surface area contributed by atoms with Gasteiger partial charge in [-0.25, -0.2) is 14.2 Å². The first-order valence-electron chi connectivity index (χ1n) is 14.1. The topological polar surface area (TPSA) is 105 Å². The van der Waals surface area contributed by atoms with Gasteiger partial charge in [0.05, 0.1) is 31.0 Å². The van der Waals surface area contributed by atoms with E-state index in [0.717, 1.165) is 49.0 Å². The fourth-order valence-electron chi connectivity index (χ4n) is 6.02. The Kier molecular flexibility index (Phi) is 6.94. The summed E-state index contributed by atoms with van der Waals surface area (Å²) in [6.45, 7) is 11.6. The van der Waals surface area contributed by atoms with E-state index in [1.165, 1.54) is 5.69 Å². The van der Waals surface area contributed by atoms with Gasteiger partial charge in [0.15, 0.2) is 5.82 Å². The van der Waals surface area contributed by atoms with Crippen LogP contribution in [0.3, 0.4) is 0 Å². The number of fused-ring (bicyclic) bond motifs is 3. The molecule has 2 fully saturated rings. The lowest BCUT2D eigenvalue weighted by atomic mass is 9.73. The van der Waals surface area contributed by atoms with E-state index < -0.39 is 9.73 Å². The van der Waals surface area contributed by atoms with Gasteiger partial charge in [0.2, 0.25) is 5.95 Å². The van der Waals surface area contributed by atoms with Crippen molar-refractivity contribution in [3.8, 4) is 0 Å². The number of hydrogen-bond acceptors (Lipinski definition) is 10. The van der Waals surface area contributed by atoms with Gasteiger partial charge < -0.3 is 24.6 Å². The summed E-state index contributed by atoms with van der Waals surface area (Å²) in [7, 11) is -2.36. The van der Waals surface area contributed by atoms with E-state index >= 15 is 0 Å². The number of morpholine rings is 1. The Labute approximate surface area is 242 Å². The van der Waals surface area contributed by atoms with Gasteiger partial charge in [-0.1, -0.05) is 13.0 Å². The predicted molar refractivity (Wildman–Crippen MR) is 164 cm³/mol. The molecule has 0 amide bonds. The van der Waals surface area contributed by atoms with Crippen LogP contribution in [-0.4, -0.2) is 75.7 Å². The highest BCUT2D eigenvalue weighted by molar-refractivity contribution is 7.92. The number of hydrogen-bond donors (Lipinski definition) is 1. The molecule has 10 nitrogen and oxygen atoms in total. The smallest absolute Gasteiger partial charge is 0.229 e. The van der Waals surface area contributed by atoms with Crippen molar-refractivity contribution in [2.75, 3.05) is 53.9 Å². The molecule has 1 N–H and O–H groups in total. The van der Waals surface area contributed by atoms with Gasteiger partial charge in [-0.05, 0) is 63.6 Å². The Morgan fingerprint density at radius 1 is 1.10 bits per heavy atom. The first kappa shape index (κ1) is 27.9. The summed E-state index contributed by atoms with van der Waals surface area (Å²) >= 11 is 0. The number of anilines is 5. The van der Waals surface area contributed by atoms with Crippen LogP contribution in [0.1, 0.15) is 39.7 Å². The number of rotatable bonds is 5. The quantitative estimate of drug-likeness (QED) is 0.439. The highest BCUT2D eigenvalue weighted by Gasteiger charge is 2.55. The van der Waals surface area contributed by atoms with E-state index in [1.807, 2.05) is 18.3 Å². The third-order valence-corrected chi connectivity index (χ3v) is 8.74. The molecule has 218 valence electrons. The molecule has 5 heterocycles. The third-order valence-electron chi connectivity index (χ3n) is 8.12. The van der Waals surface area contributed by atoms with E-state index in [-0.39, 0.29) is 23.2 Å². The largest absolute Gasteiger partial charge is 0.375 e. The number of benzene rings is 1. The fourth-order valence-corrected chi connectivity index (χ4v) is 6.57. The van der Waals surface area contributed by atoms with Gasteiger partial charge in [0.25, 0.3) is 0 Å². The Hall–Kier alpha value is -3.28. The van der Waals surface area contributed by atoms with Crippen LogP contribution in [0.15, 0.2) is 53.0 Å². The van der Waals surface area contributed by atoms with E-state index in [2.05, 4.69) is 71.4 Å². The molecule has 41 heavy (non-hydrogen) atoms. The lowest BCUT2D eigenvalue weighted by Crippen LogP contribution is -2.54. The van der Waals surface area contributed by atoms with E-state index in [0.29, 0.717) is 18.4 Å². The van der Waals surface area contributed by atoms with Crippen molar-refractivity contribution in [1.29, 1.82) is 0 Å². The minimum Gasteiger partial charge on any atom is -0.375 e. The monoisotopic (exact) mass is 577 g/mol. The van der Waals surface area contributed by atoms with Crippen LogP contribution in [-0.2, 0) is 24.6 Å². The van der Waals surface area contributed by atoms with Crippen LogP contribution in [0.2, 0.25) is 0 Å². The van der Waals surface area contributed by atoms with Gasteiger partial charge in [0, 0.05) is 63.9 Å². The second-order valence-corrected chi connectivity index (χ2v) is 15.0. The molecular formula is C30H39N7O3S. The molecule has 0 saturated carbocycles. The lowest BCUT2D eigenvalue weighted by molar-refractivity contribution is -0.0893. The van der Waals surface area contributed by atoms with Crippen LogP contribution in [0.4, 0.5) is 34.8 Å². The maximum atomic E-state index is 12.4. The second kappa shape index (κ2) is 10.2. The molecule has 2 aromatic heterocycles. The maximum absolute atomic E-state index is 12.4. The molecule has 3 atom stereocenters. The summed E-state index contributed by atoms with van der Waals surface area (Å²) in [5.41, 5.74) is 2.48. The number of pyridine rings is 1. The third kappa shape index (κ3) is 5.62. The van der Waals surface area contributed by atoms with Crippen molar-refractivity contribution in [2.24, 2.45) is 4.36 Å². The molecule has 1 aromatic carbocycles. The molecule has 3 aromatic rings. The molecule has 0 spiro atoms. The summed E-state index contributed by atoms with van der Waals surface area (Å²) in [5.74, 6) is 2.47. The van der Waals surface area contributed by atoms with Gasteiger partial charge in [-0.15, -0.1) is 0 Å². The van der Waals surface area contributed by atoms with Crippen molar-refractivity contribution in [2.45, 2.75) is 57.3 Å². The van der Waals surface area contributed by atoms with Gasteiger partial charge in [-0.2, -0.15) is 9.35 Å². The van der Waals surface area contributed by atoms with Crippen molar-refractivity contribution >= 4 is 44.5 Å². The standard InChI is InChI=1S/C30H39N7O3S/c1-20-18-36(14-15-39-20)22-12-10-21(11-13-22)32-28-31-17-23-27(34-28)37(24-16-29(2,3)40-19-30(23,24)4)26-9-7-8-25(33-26)35-41(5,6)38/h7-13,17,20,24H,14-16,18-19H2,1-6H3,(H,31,32,34)/t20-,24+,30+/m0/s1. The molecule has 2 saturated heterocycles. The van der Waals surface area contributed by atoms with Crippen LogP contribution in [0.25, 0.3) is 0 Å². The zero-order valence-corrected chi connectivity index (χ0v) is 25.4. The molecule has 3 aliphatic heterocycles. The average molecular weight is 578 g/mol. The Balaban J connectivity index is 1.35. The minimum absolute atomic E-state index is 0.0522. The highest BCUT2D eigenvalue weighted by atomic mass is 32.2. The molecule has 0 unspecified atom stereocenters. The number of nitrogens with one attached hydrogen (secondary N) is 1. The van der Waals surface area contributed by atoms with Gasteiger partial charge >= 0.3 is 0 Å². The SMILES string of the molecule is C[C@H]1CN(c2ccc(Nc3ncc4c(n3)N(c3cccc(N=S(C)(C)=O)n3)[C@@H]3CC(C)(C)OC[C@]43C)cc2)CCO1. The molecule has 0 aliphatic carbocycles. The summed E-state index contributed by atoms with van der Waals surface area (Å²) in [6, 6.07) is 14.1. The minimum atomic E-state index is -2.36. The van der Waals surface area contributed by atoms with E-state index in [4.69, 9.17) is 24.4 Å². The second-order valence-electron chi connectivity index (χ2n) is 12.4. The van der Waals surface area contributed by atoms with Gasteiger partial charge in [-0.3, -0.25) is 0 Å². The predicted octanol–water partition coefficient (Wildman–Crippen LogP) is 5.18.